The van der Waals surface area contributed by atoms with Gasteiger partial charge in [-0.25, -0.2) is 0 Å². The number of aromatic nitrogens is 3. The number of ether oxygens (including phenoxy) is 1. The SMILES string of the molecule is COc1ccc(-c2nnc(C3CCNCC3)[nH]2)cc1.Cl. The van der Waals surface area contributed by atoms with Crippen LogP contribution in [0.3, 0.4) is 0 Å². The van der Waals surface area contributed by atoms with Crippen molar-refractivity contribution in [3.05, 3.63) is 30.1 Å². The summed E-state index contributed by atoms with van der Waals surface area (Å²) in [5.41, 5.74) is 1.04. The summed E-state index contributed by atoms with van der Waals surface area (Å²) in [7, 11) is 1.67. The summed E-state index contributed by atoms with van der Waals surface area (Å²) >= 11 is 0. The monoisotopic (exact) mass is 294 g/mol. The van der Waals surface area contributed by atoms with Crippen molar-refractivity contribution in [3.63, 3.8) is 0 Å². The van der Waals surface area contributed by atoms with Gasteiger partial charge in [-0.1, -0.05) is 0 Å². The molecule has 0 aliphatic carbocycles. The molecule has 20 heavy (non-hydrogen) atoms. The summed E-state index contributed by atoms with van der Waals surface area (Å²) in [6.07, 6.45) is 2.24. The van der Waals surface area contributed by atoms with Gasteiger partial charge < -0.3 is 15.0 Å². The average Bonchev–Trinajstić information content (AvgIpc) is 2.98. The Morgan fingerprint density at radius 1 is 1.10 bits per heavy atom. The molecule has 0 saturated carbocycles. The molecule has 0 radical (unpaired) electrons. The van der Waals surface area contributed by atoms with Gasteiger partial charge >= 0.3 is 0 Å². The van der Waals surface area contributed by atoms with Gasteiger partial charge in [0, 0.05) is 11.5 Å². The van der Waals surface area contributed by atoms with Gasteiger partial charge in [0.05, 0.1) is 7.11 Å². The van der Waals surface area contributed by atoms with Crippen LogP contribution < -0.4 is 10.1 Å². The normalized spacial score (nSPS) is 15.7. The minimum absolute atomic E-state index is 0. The number of nitrogens with one attached hydrogen (secondary N) is 2. The second-order valence-corrected chi connectivity index (χ2v) is 4.81. The largest absolute Gasteiger partial charge is 0.497 e. The first-order valence-electron chi connectivity index (χ1n) is 6.64. The quantitative estimate of drug-likeness (QED) is 0.912. The first kappa shape index (κ1) is 14.8. The van der Waals surface area contributed by atoms with Crippen LogP contribution in [0, 0.1) is 0 Å². The minimum Gasteiger partial charge on any atom is -0.497 e. The molecule has 2 N–H and O–H groups in total. The minimum atomic E-state index is 0. The highest BCUT2D eigenvalue weighted by molar-refractivity contribution is 5.85. The number of halogens is 1. The van der Waals surface area contributed by atoms with Crippen LogP contribution >= 0.6 is 12.4 Å². The number of rotatable bonds is 3. The fraction of sp³-hybridized carbons (Fsp3) is 0.429. The number of hydrogen-bond acceptors (Lipinski definition) is 4. The van der Waals surface area contributed by atoms with E-state index in [-0.39, 0.29) is 12.4 Å². The molecule has 5 nitrogen and oxygen atoms in total. The molecule has 2 heterocycles. The second-order valence-electron chi connectivity index (χ2n) is 4.81. The first-order valence-corrected chi connectivity index (χ1v) is 6.64. The maximum Gasteiger partial charge on any atom is 0.161 e. The molecule has 6 heteroatoms. The highest BCUT2D eigenvalue weighted by atomic mass is 35.5. The van der Waals surface area contributed by atoms with Gasteiger partial charge in [-0.15, -0.1) is 22.6 Å². The third-order valence-electron chi connectivity index (χ3n) is 3.59. The molecule has 0 amide bonds. The van der Waals surface area contributed by atoms with Gasteiger partial charge in [0.2, 0.25) is 0 Å². The Morgan fingerprint density at radius 2 is 1.80 bits per heavy atom. The number of nitrogens with zero attached hydrogens (tertiary/aromatic N) is 2. The van der Waals surface area contributed by atoms with E-state index < -0.39 is 0 Å². The fourth-order valence-corrected chi connectivity index (χ4v) is 2.43. The number of piperidine rings is 1. The molecule has 2 aromatic rings. The van der Waals surface area contributed by atoms with Crippen LogP contribution in [0.25, 0.3) is 11.4 Å². The average molecular weight is 295 g/mol. The number of methoxy groups -OCH3 is 1. The zero-order valence-corrected chi connectivity index (χ0v) is 12.2. The third-order valence-corrected chi connectivity index (χ3v) is 3.59. The Kier molecular flexibility index (Phi) is 4.98. The van der Waals surface area contributed by atoms with Gasteiger partial charge in [0.1, 0.15) is 11.6 Å². The molecule has 1 aliphatic heterocycles. The van der Waals surface area contributed by atoms with Crippen molar-refractivity contribution >= 4 is 12.4 Å². The van der Waals surface area contributed by atoms with E-state index in [4.69, 9.17) is 4.74 Å². The number of hydrogen-bond donors (Lipinski definition) is 2. The lowest BCUT2D eigenvalue weighted by molar-refractivity contribution is 0.415. The van der Waals surface area contributed by atoms with Crippen LogP contribution in [-0.4, -0.2) is 35.4 Å². The maximum absolute atomic E-state index is 5.15. The van der Waals surface area contributed by atoms with E-state index in [1.54, 1.807) is 7.11 Å². The Balaban J connectivity index is 0.00000147. The van der Waals surface area contributed by atoms with Gasteiger partial charge in [0.25, 0.3) is 0 Å². The molecular weight excluding hydrogens is 276 g/mol. The van der Waals surface area contributed by atoms with E-state index in [9.17, 15) is 0 Å². The Labute approximate surface area is 124 Å². The summed E-state index contributed by atoms with van der Waals surface area (Å²) in [6, 6.07) is 7.85. The molecule has 0 bridgehead atoms. The van der Waals surface area contributed by atoms with Gasteiger partial charge in [-0.2, -0.15) is 0 Å². The molecule has 1 fully saturated rings. The van der Waals surface area contributed by atoms with Gasteiger partial charge in [0.15, 0.2) is 5.82 Å². The maximum atomic E-state index is 5.15. The Bertz CT molecular complexity index is 534. The van der Waals surface area contributed by atoms with Crippen molar-refractivity contribution in [1.82, 2.24) is 20.5 Å². The second kappa shape index (κ2) is 6.72. The zero-order chi connectivity index (χ0) is 13.1. The van der Waals surface area contributed by atoms with Crippen molar-refractivity contribution in [2.24, 2.45) is 0 Å². The Morgan fingerprint density at radius 3 is 2.45 bits per heavy atom. The van der Waals surface area contributed by atoms with Crippen LogP contribution in [-0.2, 0) is 0 Å². The summed E-state index contributed by atoms with van der Waals surface area (Å²) in [6.45, 7) is 2.12. The summed E-state index contributed by atoms with van der Waals surface area (Å²) < 4.78 is 5.15. The molecular formula is C14H19ClN4O. The lowest BCUT2D eigenvalue weighted by atomic mass is 9.98. The predicted molar refractivity (Wildman–Crippen MR) is 80.5 cm³/mol. The molecule has 1 aromatic carbocycles. The summed E-state index contributed by atoms with van der Waals surface area (Å²) in [4.78, 5) is 3.35. The van der Waals surface area contributed by atoms with E-state index in [0.29, 0.717) is 5.92 Å². The third kappa shape index (κ3) is 3.11. The molecule has 108 valence electrons. The summed E-state index contributed by atoms with van der Waals surface area (Å²) in [5.74, 6) is 3.19. The molecule has 0 atom stereocenters. The smallest absolute Gasteiger partial charge is 0.161 e. The number of aromatic amines is 1. The van der Waals surface area contributed by atoms with E-state index in [1.165, 1.54) is 0 Å². The number of benzene rings is 1. The van der Waals surface area contributed by atoms with Gasteiger partial charge in [-0.3, -0.25) is 0 Å². The molecule has 1 saturated heterocycles. The van der Waals surface area contributed by atoms with Crippen molar-refractivity contribution in [2.75, 3.05) is 20.2 Å². The lowest BCUT2D eigenvalue weighted by Gasteiger charge is -2.19. The topological polar surface area (TPSA) is 62.8 Å². The molecule has 0 spiro atoms. The van der Waals surface area contributed by atoms with Crippen molar-refractivity contribution in [2.45, 2.75) is 18.8 Å². The number of H-pyrrole nitrogens is 1. The van der Waals surface area contributed by atoms with Crippen molar-refractivity contribution in [3.8, 4) is 17.1 Å². The van der Waals surface area contributed by atoms with Crippen molar-refractivity contribution in [1.29, 1.82) is 0 Å². The van der Waals surface area contributed by atoms with Crippen LogP contribution in [0.15, 0.2) is 24.3 Å². The van der Waals surface area contributed by atoms with E-state index in [2.05, 4.69) is 20.5 Å². The highest BCUT2D eigenvalue weighted by Gasteiger charge is 2.19. The first-order chi connectivity index (χ1) is 9.36. The van der Waals surface area contributed by atoms with E-state index in [1.807, 2.05) is 24.3 Å². The standard InChI is InChI=1S/C14H18N4O.ClH/c1-19-12-4-2-10(3-5-12)13-16-14(18-17-13)11-6-8-15-9-7-11;/h2-5,11,15H,6-9H2,1H3,(H,16,17,18);1H. The van der Waals surface area contributed by atoms with E-state index in [0.717, 1.165) is 48.9 Å². The van der Waals surface area contributed by atoms with E-state index >= 15 is 0 Å². The van der Waals surface area contributed by atoms with Crippen LogP contribution in [0.5, 0.6) is 5.75 Å². The van der Waals surface area contributed by atoms with Crippen LogP contribution in [0.1, 0.15) is 24.6 Å². The van der Waals surface area contributed by atoms with Crippen molar-refractivity contribution < 1.29 is 4.74 Å². The highest BCUT2D eigenvalue weighted by Crippen LogP contribution is 2.25. The van der Waals surface area contributed by atoms with Crippen LogP contribution in [0.2, 0.25) is 0 Å². The van der Waals surface area contributed by atoms with Gasteiger partial charge in [-0.05, 0) is 50.2 Å². The fourth-order valence-electron chi connectivity index (χ4n) is 2.43. The Hall–Kier alpha value is -1.59. The molecule has 0 unspecified atom stereocenters. The predicted octanol–water partition coefficient (Wildman–Crippen LogP) is 2.37. The molecule has 1 aromatic heterocycles. The zero-order valence-electron chi connectivity index (χ0n) is 11.4. The summed E-state index contributed by atoms with van der Waals surface area (Å²) in [5, 5.41) is 11.9. The molecule has 3 rings (SSSR count). The van der Waals surface area contributed by atoms with Crippen LogP contribution in [0.4, 0.5) is 0 Å². The molecule has 1 aliphatic rings. The lowest BCUT2D eigenvalue weighted by Crippen LogP contribution is -2.27.